The van der Waals surface area contributed by atoms with E-state index in [0.29, 0.717) is 17.2 Å². The summed E-state index contributed by atoms with van der Waals surface area (Å²) in [4.78, 5) is 27.7. The van der Waals surface area contributed by atoms with Gasteiger partial charge in [0.1, 0.15) is 5.65 Å². The van der Waals surface area contributed by atoms with E-state index in [1.54, 1.807) is 29.9 Å². The van der Waals surface area contributed by atoms with Crippen molar-refractivity contribution >= 4 is 28.5 Å². The number of anilines is 1. The Bertz CT molecular complexity index is 1270. The molecule has 0 spiro atoms. The van der Waals surface area contributed by atoms with Gasteiger partial charge >= 0.3 is 0 Å². The average molecular weight is 421 g/mol. The van der Waals surface area contributed by atoms with Crippen LogP contribution in [-0.4, -0.2) is 41.8 Å². The van der Waals surface area contributed by atoms with Gasteiger partial charge in [-0.25, -0.2) is 14.4 Å². The van der Waals surface area contributed by atoms with Crippen LogP contribution < -0.4 is 10.6 Å². The highest BCUT2D eigenvalue weighted by Crippen LogP contribution is 2.31. The molecule has 5 rings (SSSR count). The van der Waals surface area contributed by atoms with E-state index < -0.39 is 0 Å². The number of carbonyl (C=O) groups excluding carboxylic acids is 1. The van der Waals surface area contributed by atoms with Crippen LogP contribution in [0.25, 0.3) is 27.8 Å². The molecule has 0 bridgehead atoms. The highest BCUT2D eigenvalue weighted by molar-refractivity contribution is 5.93. The number of aromatic nitrogens is 5. The van der Waals surface area contributed by atoms with Crippen molar-refractivity contribution in [1.29, 1.82) is 0 Å². The second-order valence-corrected chi connectivity index (χ2v) is 8.55. The molecule has 31 heavy (non-hydrogen) atoms. The van der Waals surface area contributed by atoms with Gasteiger partial charge in [-0.2, -0.15) is 4.98 Å². The number of rotatable bonds is 4. The van der Waals surface area contributed by atoms with Crippen molar-refractivity contribution in [3.63, 3.8) is 0 Å². The van der Waals surface area contributed by atoms with E-state index in [1.807, 2.05) is 12.4 Å². The lowest BCUT2D eigenvalue weighted by atomic mass is 9.81. The predicted molar refractivity (Wildman–Crippen MR) is 116 cm³/mol. The topological polar surface area (TPSA) is 100 Å². The third-order valence-corrected chi connectivity index (χ3v) is 6.09. The van der Waals surface area contributed by atoms with E-state index >= 15 is 0 Å². The molecule has 1 aliphatic rings. The first-order valence-electron chi connectivity index (χ1n) is 10.4. The van der Waals surface area contributed by atoms with Crippen molar-refractivity contribution in [1.82, 2.24) is 29.7 Å². The molecule has 8 nitrogen and oxygen atoms in total. The molecular weight excluding hydrogens is 397 g/mol. The number of hydrogen-bond donors (Lipinski definition) is 3. The highest BCUT2D eigenvalue weighted by atomic mass is 19.1. The fraction of sp³-hybridized carbons (Fsp3) is 0.364. The maximum absolute atomic E-state index is 14.4. The van der Waals surface area contributed by atoms with E-state index in [-0.39, 0.29) is 23.3 Å². The minimum absolute atomic E-state index is 0.0114. The lowest BCUT2D eigenvalue weighted by Crippen LogP contribution is -2.49. The smallest absolute Gasteiger partial charge is 0.224 e. The molecule has 1 amide bonds. The van der Waals surface area contributed by atoms with E-state index in [2.05, 4.69) is 37.5 Å². The standard InChI is InChI=1S/C22H24FN7O/c1-13(31)29-22(2)5-3-15(4-6-22)27-21-26-11-17-16(10-25-19(17)28-21)14-9-18(23)20-24-7-8-30(20)12-14/h7-12,15H,3-6H2,1-2H3,(H,29,31)(H2,25,26,27,28)/t15-,22-. The normalized spacial score (nSPS) is 21.5. The third-order valence-electron chi connectivity index (χ3n) is 6.09. The molecule has 4 heterocycles. The molecule has 0 aromatic carbocycles. The van der Waals surface area contributed by atoms with Gasteiger partial charge < -0.3 is 20.0 Å². The SMILES string of the molecule is CC(=O)N[C@]1(C)CC[C@@H](Nc2ncc3c(-c4cc(F)c5nccn5c4)c[nH]c3n2)CC1. The van der Waals surface area contributed by atoms with Gasteiger partial charge in [-0.15, -0.1) is 0 Å². The van der Waals surface area contributed by atoms with E-state index in [1.165, 1.54) is 6.07 Å². The van der Waals surface area contributed by atoms with Crippen LogP contribution in [0.4, 0.5) is 10.3 Å². The predicted octanol–water partition coefficient (Wildman–Crippen LogP) is 3.66. The number of nitrogens with zero attached hydrogens (tertiary/aromatic N) is 4. The molecule has 3 N–H and O–H groups in total. The zero-order valence-electron chi connectivity index (χ0n) is 17.4. The first kappa shape index (κ1) is 19.5. The Hall–Kier alpha value is -3.49. The van der Waals surface area contributed by atoms with Crippen molar-refractivity contribution in [2.75, 3.05) is 5.32 Å². The first-order valence-corrected chi connectivity index (χ1v) is 10.4. The summed E-state index contributed by atoms with van der Waals surface area (Å²) in [5.74, 6) is 0.196. The van der Waals surface area contributed by atoms with Gasteiger partial charge in [0.25, 0.3) is 0 Å². The molecule has 0 radical (unpaired) electrons. The average Bonchev–Trinajstić information content (AvgIpc) is 3.36. The van der Waals surface area contributed by atoms with E-state index in [4.69, 9.17) is 0 Å². The van der Waals surface area contributed by atoms with Gasteiger partial charge in [-0.3, -0.25) is 4.79 Å². The molecule has 160 valence electrons. The molecule has 0 atom stereocenters. The molecule has 1 saturated carbocycles. The zero-order chi connectivity index (χ0) is 21.6. The largest absolute Gasteiger partial charge is 0.351 e. The Morgan fingerprint density at radius 3 is 2.90 bits per heavy atom. The molecule has 4 aromatic rings. The fourth-order valence-corrected chi connectivity index (χ4v) is 4.49. The summed E-state index contributed by atoms with van der Waals surface area (Å²) >= 11 is 0. The van der Waals surface area contributed by atoms with Crippen LogP contribution in [0.15, 0.2) is 37.1 Å². The van der Waals surface area contributed by atoms with Gasteiger partial charge in [-0.05, 0) is 38.7 Å². The van der Waals surface area contributed by atoms with Gasteiger partial charge in [0, 0.05) is 66.0 Å². The van der Waals surface area contributed by atoms with Crippen LogP contribution in [0.1, 0.15) is 39.5 Å². The number of hydrogen-bond acceptors (Lipinski definition) is 5. The second kappa shape index (κ2) is 7.33. The summed E-state index contributed by atoms with van der Waals surface area (Å²) < 4.78 is 16.0. The molecular formula is C22H24FN7O. The number of carbonyl (C=O) groups is 1. The van der Waals surface area contributed by atoms with E-state index in [0.717, 1.165) is 42.2 Å². The summed E-state index contributed by atoms with van der Waals surface area (Å²) in [5.41, 5.74) is 2.41. The second-order valence-electron chi connectivity index (χ2n) is 8.55. The Morgan fingerprint density at radius 2 is 2.13 bits per heavy atom. The van der Waals surface area contributed by atoms with Crippen LogP contribution in [0.3, 0.4) is 0 Å². The Balaban J connectivity index is 1.34. The third kappa shape index (κ3) is 3.71. The summed E-state index contributed by atoms with van der Waals surface area (Å²) in [5, 5.41) is 7.30. The quantitative estimate of drug-likeness (QED) is 0.467. The number of imidazole rings is 1. The first-order chi connectivity index (χ1) is 14.9. The molecule has 9 heteroatoms. The van der Waals surface area contributed by atoms with Crippen molar-refractivity contribution < 1.29 is 9.18 Å². The van der Waals surface area contributed by atoms with E-state index in [9.17, 15) is 9.18 Å². The summed E-state index contributed by atoms with van der Waals surface area (Å²) in [6.07, 6.45) is 12.4. The molecule has 4 aromatic heterocycles. The highest BCUT2D eigenvalue weighted by Gasteiger charge is 2.31. The zero-order valence-corrected chi connectivity index (χ0v) is 17.4. The number of pyridine rings is 1. The van der Waals surface area contributed by atoms with Crippen molar-refractivity contribution in [3.8, 4) is 11.1 Å². The van der Waals surface area contributed by atoms with Gasteiger partial charge in [0.15, 0.2) is 11.5 Å². The molecule has 0 saturated heterocycles. The lowest BCUT2D eigenvalue weighted by Gasteiger charge is -2.38. The summed E-state index contributed by atoms with van der Waals surface area (Å²) in [6.45, 7) is 3.66. The number of fused-ring (bicyclic) bond motifs is 2. The Kier molecular flexibility index (Phi) is 4.60. The number of H-pyrrole nitrogens is 1. The van der Waals surface area contributed by atoms with Crippen LogP contribution in [0.2, 0.25) is 0 Å². The van der Waals surface area contributed by atoms with Gasteiger partial charge in [-0.1, -0.05) is 0 Å². The number of amides is 1. The number of aromatic amines is 1. The van der Waals surface area contributed by atoms with Crippen molar-refractivity contribution in [2.45, 2.75) is 51.1 Å². The molecule has 0 aliphatic heterocycles. The van der Waals surface area contributed by atoms with Crippen molar-refractivity contribution in [2.24, 2.45) is 0 Å². The number of nitrogens with one attached hydrogen (secondary N) is 3. The monoisotopic (exact) mass is 421 g/mol. The fourth-order valence-electron chi connectivity index (χ4n) is 4.49. The maximum atomic E-state index is 14.4. The Morgan fingerprint density at radius 1 is 1.32 bits per heavy atom. The molecule has 1 aliphatic carbocycles. The minimum atomic E-state index is -0.375. The molecule has 1 fully saturated rings. The van der Waals surface area contributed by atoms with Crippen molar-refractivity contribution in [3.05, 3.63) is 42.9 Å². The van der Waals surface area contributed by atoms with Crippen LogP contribution in [0.5, 0.6) is 0 Å². The lowest BCUT2D eigenvalue weighted by molar-refractivity contribution is -0.121. The van der Waals surface area contributed by atoms with Crippen LogP contribution in [-0.2, 0) is 4.79 Å². The summed E-state index contributed by atoms with van der Waals surface area (Å²) in [6, 6.07) is 1.73. The minimum Gasteiger partial charge on any atom is -0.351 e. The number of halogens is 1. The van der Waals surface area contributed by atoms with Gasteiger partial charge in [0.2, 0.25) is 11.9 Å². The van der Waals surface area contributed by atoms with Crippen LogP contribution >= 0.6 is 0 Å². The van der Waals surface area contributed by atoms with Crippen LogP contribution in [0, 0.1) is 5.82 Å². The Labute approximate surface area is 178 Å². The molecule has 0 unspecified atom stereocenters. The van der Waals surface area contributed by atoms with Gasteiger partial charge in [0.05, 0.1) is 0 Å². The maximum Gasteiger partial charge on any atom is 0.224 e. The summed E-state index contributed by atoms with van der Waals surface area (Å²) in [7, 11) is 0.